The fourth-order valence-corrected chi connectivity index (χ4v) is 2.48. The summed E-state index contributed by atoms with van der Waals surface area (Å²) in [6.07, 6.45) is 0. The molecule has 1 aromatic carbocycles. The van der Waals surface area contributed by atoms with Gasteiger partial charge in [-0.25, -0.2) is 0 Å². The standard InChI is InChI=1S/C15H18BrN3O/c1-10-11(2)18-19(12(10)3)9-8-17-15(20)13-6-4-5-7-14(13)16/h4-7H,8-9H2,1-3H3,(H,17,20). The summed E-state index contributed by atoms with van der Waals surface area (Å²) in [7, 11) is 0. The van der Waals surface area contributed by atoms with Gasteiger partial charge in [0.2, 0.25) is 0 Å². The van der Waals surface area contributed by atoms with Crippen LogP contribution in [0.4, 0.5) is 0 Å². The second-order valence-electron chi connectivity index (χ2n) is 4.75. The number of aromatic nitrogens is 2. The van der Waals surface area contributed by atoms with Gasteiger partial charge < -0.3 is 5.32 Å². The number of benzene rings is 1. The molecule has 0 aliphatic carbocycles. The van der Waals surface area contributed by atoms with Crippen LogP contribution in [0.1, 0.15) is 27.3 Å². The zero-order chi connectivity index (χ0) is 14.7. The van der Waals surface area contributed by atoms with Gasteiger partial charge in [-0.15, -0.1) is 0 Å². The topological polar surface area (TPSA) is 46.9 Å². The van der Waals surface area contributed by atoms with Gasteiger partial charge in [0.05, 0.1) is 17.8 Å². The number of carbonyl (C=O) groups excluding carboxylic acids is 1. The molecule has 0 radical (unpaired) electrons. The Balaban J connectivity index is 1.95. The molecule has 0 aliphatic rings. The SMILES string of the molecule is Cc1nn(CCNC(=O)c2ccccc2Br)c(C)c1C. The molecule has 0 aliphatic heterocycles. The van der Waals surface area contributed by atoms with E-state index < -0.39 is 0 Å². The zero-order valence-corrected chi connectivity index (χ0v) is 13.5. The van der Waals surface area contributed by atoms with E-state index in [0.717, 1.165) is 15.9 Å². The first-order chi connectivity index (χ1) is 9.50. The normalized spacial score (nSPS) is 10.6. The minimum Gasteiger partial charge on any atom is -0.350 e. The molecule has 5 heteroatoms. The van der Waals surface area contributed by atoms with Gasteiger partial charge in [0.25, 0.3) is 5.91 Å². The maximum absolute atomic E-state index is 12.0. The third-order valence-corrected chi connectivity index (χ3v) is 4.16. The molecule has 1 aromatic heterocycles. The first-order valence-electron chi connectivity index (χ1n) is 6.54. The summed E-state index contributed by atoms with van der Waals surface area (Å²) in [4.78, 5) is 12.0. The van der Waals surface area contributed by atoms with Gasteiger partial charge in [-0.2, -0.15) is 5.10 Å². The van der Waals surface area contributed by atoms with Crippen molar-refractivity contribution < 1.29 is 4.79 Å². The number of nitrogens with zero attached hydrogens (tertiary/aromatic N) is 2. The van der Waals surface area contributed by atoms with Crippen LogP contribution in [0, 0.1) is 20.8 Å². The van der Waals surface area contributed by atoms with E-state index in [2.05, 4.69) is 33.3 Å². The minimum atomic E-state index is -0.0734. The highest BCUT2D eigenvalue weighted by Crippen LogP contribution is 2.15. The number of nitrogens with one attached hydrogen (secondary N) is 1. The van der Waals surface area contributed by atoms with E-state index in [1.54, 1.807) is 6.07 Å². The van der Waals surface area contributed by atoms with E-state index >= 15 is 0 Å². The number of halogens is 1. The Bertz CT molecular complexity index is 634. The number of rotatable bonds is 4. The number of hydrogen-bond donors (Lipinski definition) is 1. The van der Waals surface area contributed by atoms with E-state index in [1.807, 2.05) is 36.7 Å². The monoisotopic (exact) mass is 335 g/mol. The molecule has 0 spiro atoms. The molecule has 20 heavy (non-hydrogen) atoms. The molecule has 0 fully saturated rings. The van der Waals surface area contributed by atoms with Crippen molar-refractivity contribution in [2.75, 3.05) is 6.54 Å². The van der Waals surface area contributed by atoms with Crippen molar-refractivity contribution in [2.45, 2.75) is 27.3 Å². The lowest BCUT2D eigenvalue weighted by Crippen LogP contribution is -2.28. The Morgan fingerprint density at radius 1 is 1.30 bits per heavy atom. The van der Waals surface area contributed by atoms with Crippen LogP contribution in [0.3, 0.4) is 0 Å². The summed E-state index contributed by atoms with van der Waals surface area (Å²) < 4.78 is 2.74. The van der Waals surface area contributed by atoms with Crippen LogP contribution in [0.15, 0.2) is 28.7 Å². The van der Waals surface area contributed by atoms with Crippen LogP contribution >= 0.6 is 15.9 Å². The molecule has 0 saturated heterocycles. The quantitative estimate of drug-likeness (QED) is 0.933. The molecule has 4 nitrogen and oxygen atoms in total. The van der Waals surface area contributed by atoms with Gasteiger partial charge in [-0.05, 0) is 54.4 Å². The number of carbonyl (C=O) groups is 1. The summed E-state index contributed by atoms with van der Waals surface area (Å²) in [5.74, 6) is -0.0734. The van der Waals surface area contributed by atoms with Crippen molar-refractivity contribution in [3.05, 3.63) is 51.3 Å². The Morgan fingerprint density at radius 2 is 2.00 bits per heavy atom. The highest BCUT2D eigenvalue weighted by molar-refractivity contribution is 9.10. The fourth-order valence-electron chi connectivity index (χ4n) is 2.02. The molecular formula is C15H18BrN3O. The van der Waals surface area contributed by atoms with Crippen LogP contribution in [0.25, 0.3) is 0 Å². The summed E-state index contributed by atoms with van der Waals surface area (Å²) in [6.45, 7) is 7.34. The molecule has 0 unspecified atom stereocenters. The van der Waals surface area contributed by atoms with Crippen LogP contribution in [-0.4, -0.2) is 22.2 Å². The number of aryl methyl sites for hydroxylation is 1. The highest BCUT2D eigenvalue weighted by atomic mass is 79.9. The molecule has 1 heterocycles. The van der Waals surface area contributed by atoms with Gasteiger partial charge in [0.15, 0.2) is 0 Å². The second kappa shape index (κ2) is 6.22. The Kier molecular flexibility index (Phi) is 4.60. The van der Waals surface area contributed by atoms with Crippen LogP contribution in [0.5, 0.6) is 0 Å². The summed E-state index contributed by atoms with van der Waals surface area (Å²) in [5, 5.41) is 7.37. The Hall–Kier alpha value is -1.62. The van der Waals surface area contributed by atoms with E-state index in [-0.39, 0.29) is 5.91 Å². The van der Waals surface area contributed by atoms with Crippen LogP contribution in [0.2, 0.25) is 0 Å². The van der Waals surface area contributed by atoms with E-state index in [0.29, 0.717) is 18.7 Å². The zero-order valence-electron chi connectivity index (χ0n) is 11.9. The molecule has 1 amide bonds. The lowest BCUT2D eigenvalue weighted by molar-refractivity contribution is 0.0951. The van der Waals surface area contributed by atoms with E-state index in [1.165, 1.54) is 5.56 Å². The van der Waals surface area contributed by atoms with Gasteiger partial charge in [0.1, 0.15) is 0 Å². The van der Waals surface area contributed by atoms with Crippen molar-refractivity contribution in [1.82, 2.24) is 15.1 Å². The average molecular weight is 336 g/mol. The number of amides is 1. The largest absolute Gasteiger partial charge is 0.350 e. The molecule has 2 rings (SSSR count). The van der Waals surface area contributed by atoms with Crippen molar-refractivity contribution in [3.8, 4) is 0 Å². The maximum atomic E-state index is 12.0. The first kappa shape index (κ1) is 14.8. The van der Waals surface area contributed by atoms with Gasteiger partial charge >= 0.3 is 0 Å². The minimum absolute atomic E-state index is 0.0734. The van der Waals surface area contributed by atoms with Gasteiger partial charge in [0, 0.05) is 16.7 Å². The number of hydrogen-bond acceptors (Lipinski definition) is 2. The molecule has 106 valence electrons. The van der Waals surface area contributed by atoms with Crippen molar-refractivity contribution in [3.63, 3.8) is 0 Å². The first-order valence-corrected chi connectivity index (χ1v) is 7.33. The molecule has 2 aromatic rings. The van der Waals surface area contributed by atoms with E-state index in [9.17, 15) is 4.79 Å². The predicted octanol–water partition coefficient (Wildman–Crippen LogP) is 3.00. The Labute approximate surface area is 127 Å². The summed E-state index contributed by atoms with van der Waals surface area (Å²) in [5.41, 5.74) is 4.05. The third kappa shape index (κ3) is 3.10. The van der Waals surface area contributed by atoms with Crippen molar-refractivity contribution >= 4 is 21.8 Å². The smallest absolute Gasteiger partial charge is 0.252 e. The lowest BCUT2D eigenvalue weighted by atomic mass is 10.2. The average Bonchev–Trinajstić information content (AvgIpc) is 2.67. The van der Waals surface area contributed by atoms with E-state index in [4.69, 9.17) is 0 Å². The second-order valence-corrected chi connectivity index (χ2v) is 5.61. The molecule has 0 saturated carbocycles. The van der Waals surface area contributed by atoms with Crippen molar-refractivity contribution in [2.24, 2.45) is 0 Å². The van der Waals surface area contributed by atoms with Gasteiger partial charge in [-0.3, -0.25) is 9.48 Å². The predicted molar refractivity (Wildman–Crippen MR) is 82.9 cm³/mol. The molecule has 0 bridgehead atoms. The van der Waals surface area contributed by atoms with Crippen LogP contribution < -0.4 is 5.32 Å². The molecule has 0 atom stereocenters. The van der Waals surface area contributed by atoms with Crippen molar-refractivity contribution in [1.29, 1.82) is 0 Å². The third-order valence-electron chi connectivity index (χ3n) is 3.47. The van der Waals surface area contributed by atoms with Crippen LogP contribution in [-0.2, 0) is 6.54 Å². The summed E-state index contributed by atoms with van der Waals surface area (Å²) >= 11 is 3.38. The Morgan fingerprint density at radius 3 is 2.60 bits per heavy atom. The van der Waals surface area contributed by atoms with Gasteiger partial charge in [-0.1, -0.05) is 12.1 Å². The maximum Gasteiger partial charge on any atom is 0.252 e. The molecular weight excluding hydrogens is 318 g/mol. The molecule has 1 N–H and O–H groups in total. The summed E-state index contributed by atoms with van der Waals surface area (Å²) in [6, 6.07) is 7.40. The lowest BCUT2D eigenvalue weighted by Gasteiger charge is -2.08. The highest BCUT2D eigenvalue weighted by Gasteiger charge is 2.10. The fraction of sp³-hybridized carbons (Fsp3) is 0.333.